The predicted molar refractivity (Wildman–Crippen MR) is 69.2 cm³/mol. The Morgan fingerprint density at radius 1 is 1.33 bits per heavy atom. The van der Waals surface area contributed by atoms with Gasteiger partial charge >= 0.3 is 5.97 Å². The van der Waals surface area contributed by atoms with E-state index in [1.165, 1.54) is 52.3 Å². The number of nitrogens with zero attached hydrogens (tertiary/aromatic N) is 1. The number of ether oxygens (including phenoxy) is 1. The predicted octanol–water partition coefficient (Wildman–Crippen LogP) is 1.01. The van der Waals surface area contributed by atoms with Crippen molar-refractivity contribution in [2.45, 2.75) is 44.2 Å². The van der Waals surface area contributed by atoms with E-state index in [-0.39, 0.29) is 12.0 Å². The van der Waals surface area contributed by atoms with Gasteiger partial charge in [-0.15, -0.1) is 0 Å². The number of hydrogen-bond donors (Lipinski definition) is 1. The molecule has 2 atom stereocenters. The fourth-order valence-electron chi connectivity index (χ4n) is 3.09. The summed E-state index contributed by atoms with van der Waals surface area (Å²) in [4.78, 5) is 14.3. The van der Waals surface area contributed by atoms with Crippen molar-refractivity contribution in [3.05, 3.63) is 0 Å². The molecule has 1 heterocycles. The van der Waals surface area contributed by atoms with E-state index < -0.39 is 0 Å². The summed E-state index contributed by atoms with van der Waals surface area (Å²) in [6.07, 6.45) is 6.42. The zero-order valence-corrected chi connectivity index (χ0v) is 11.2. The van der Waals surface area contributed by atoms with Gasteiger partial charge in [0.1, 0.15) is 6.04 Å². The Morgan fingerprint density at radius 3 is 2.72 bits per heavy atom. The summed E-state index contributed by atoms with van der Waals surface area (Å²) < 4.78 is 4.89. The number of rotatable bonds is 6. The van der Waals surface area contributed by atoms with Crippen LogP contribution in [0.1, 0.15) is 32.1 Å². The average Bonchev–Trinajstić information content (AvgIpc) is 3.29. The van der Waals surface area contributed by atoms with E-state index in [0.29, 0.717) is 5.92 Å². The Morgan fingerprint density at radius 2 is 2.11 bits per heavy atom. The number of methoxy groups -OCH3 is 1. The molecule has 2 unspecified atom stereocenters. The molecule has 1 saturated heterocycles. The number of nitrogens with one attached hydrogen (secondary N) is 1. The largest absolute Gasteiger partial charge is 0.468 e. The van der Waals surface area contributed by atoms with Crippen LogP contribution < -0.4 is 5.32 Å². The maximum absolute atomic E-state index is 11.7. The second-order valence-corrected chi connectivity index (χ2v) is 6.13. The van der Waals surface area contributed by atoms with E-state index in [9.17, 15) is 4.79 Å². The molecule has 0 spiro atoms. The highest BCUT2D eigenvalue weighted by molar-refractivity contribution is 5.76. The molecule has 0 radical (unpaired) electrons. The smallest absolute Gasteiger partial charge is 0.323 e. The first-order valence-electron chi connectivity index (χ1n) is 7.33. The molecular weight excluding hydrogens is 228 g/mol. The molecule has 4 nitrogen and oxygen atoms in total. The summed E-state index contributed by atoms with van der Waals surface area (Å²) >= 11 is 0. The summed E-state index contributed by atoms with van der Waals surface area (Å²) in [6.45, 7) is 3.44. The summed E-state index contributed by atoms with van der Waals surface area (Å²) in [7, 11) is 1.49. The molecule has 3 rings (SSSR count). The molecule has 0 aromatic rings. The van der Waals surface area contributed by atoms with Crippen LogP contribution in [0.25, 0.3) is 0 Å². The van der Waals surface area contributed by atoms with E-state index in [1.54, 1.807) is 0 Å². The quantitative estimate of drug-likeness (QED) is 0.716. The third-order valence-electron chi connectivity index (χ3n) is 4.56. The first-order chi connectivity index (χ1) is 8.78. The van der Waals surface area contributed by atoms with Crippen LogP contribution in [-0.2, 0) is 9.53 Å². The van der Waals surface area contributed by atoms with Crippen LogP contribution in [0, 0.1) is 11.8 Å². The van der Waals surface area contributed by atoms with Crippen LogP contribution in [0.2, 0.25) is 0 Å². The molecule has 0 aromatic carbocycles. The summed E-state index contributed by atoms with van der Waals surface area (Å²) in [5.74, 6) is 1.17. The van der Waals surface area contributed by atoms with Gasteiger partial charge in [-0.2, -0.15) is 0 Å². The highest BCUT2D eigenvalue weighted by Gasteiger charge is 2.38. The second-order valence-electron chi connectivity index (χ2n) is 6.13. The van der Waals surface area contributed by atoms with Crippen LogP contribution in [0.3, 0.4) is 0 Å². The maximum atomic E-state index is 11.7. The zero-order valence-electron chi connectivity index (χ0n) is 11.2. The molecule has 4 heteroatoms. The van der Waals surface area contributed by atoms with E-state index in [2.05, 4.69) is 10.2 Å². The van der Waals surface area contributed by atoms with Gasteiger partial charge in [-0.25, -0.2) is 0 Å². The van der Waals surface area contributed by atoms with Crippen molar-refractivity contribution in [3.63, 3.8) is 0 Å². The summed E-state index contributed by atoms with van der Waals surface area (Å²) in [5.41, 5.74) is 0. The Hall–Kier alpha value is -0.610. The Kier molecular flexibility index (Phi) is 3.57. The molecule has 1 N–H and O–H groups in total. The highest BCUT2D eigenvalue weighted by atomic mass is 16.5. The van der Waals surface area contributed by atoms with Gasteiger partial charge in [-0.05, 0) is 50.5 Å². The van der Waals surface area contributed by atoms with Gasteiger partial charge in [0, 0.05) is 19.1 Å². The van der Waals surface area contributed by atoms with Gasteiger partial charge in [0.25, 0.3) is 0 Å². The lowest BCUT2D eigenvalue weighted by atomic mass is 10.1. The lowest BCUT2D eigenvalue weighted by molar-refractivity contribution is -0.143. The molecule has 0 amide bonds. The minimum absolute atomic E-state index is 0.0509. The van der Waals surface area contributed by atoms with Gasteiger partial charge in [-0.1, -0.05) is 0 Å². The molecule has 2 aliphatic carbocycles. The third-order valence-corrected chi connectivity index (χ3v) is 4.56. The SMILES string of the molecule is COC(=O)C(NCC1CCN(C2CC2)C1)C1CC1. The molecule has 102 valence electrons. The van der Waals surface area contributed by atoms with E-state index in [0.717, 1.165) is 18.5 Å². The van der Waals surface area contributed by atoms with Crippen molar-refractivity contribution >= 4 is 5.97 Å². The van der Waals surface area contributed by atoms with Crippen LogP contribution >= 0.6 is 0 Å². The molecular formula is C14H24N2O2. The number of esters is 1. The van der Waals surface area contributed by atoms with Gasteiger partial charge in [-0.3, -0.25) is 4.79 Å². The molecule has 1 aliphatic heterocycles. The third kappa shape index (κ3) is 2.86. The van der Waals surface area contributed by atoms with Crippen molar-refractivity contribution in [1.82, 2.24) is 10.2 Å². The van der Waals surface area contributed by atoms with E-state index >= 15 is 0 Å². The zero-order chi connectivity index (χ0) is 12.5. The Bertz CT molecular complexity index is 313. The van der Waals surface area contributed by atoms with Crippen LogP contribution in [0.5, 0.6) is 0 Å². The lowest BCUT2D eigenvalue weighted by Gasteiger charge is -2.19. The van der Waals surface area contributed by atoms with Crippen LogP contribution in [-0.4, -0.2) is 49.7 Å². The van der Waals surface area contributed by atoms with Gasteiger partial charge in [0.15, 0.2) is 0 Å². The number of carbonyl (C=O) groups is 1. The van der Waals surface area contributed by atoms with Crippen molar-refractivity contribution in [2.24, 2.45) is 11.8 Å². The van der Waals surface area contributed by atoms with Crippen molar-refractivity contribution in [1.29, 1.82) is 0 Å². The van der Waals surface area contributed by atoms with Crippen molar-refractivity contribution in [3.8, 4) is 0 Å². The minimum atomic E-state index is -0.0745. The first kappa shape index (κ1) is 12.4. The van der Waals surface area contributed by atoms with Crippen molar-refractivity contribution in [2.75, 3.05) is 26.7 Å². The van der Waals surface area contributed by atoms with Gasteiger partial charge < -0.3 is 15.0 Å². The van der Waals surface area contributed by atoms with Crippen molar-refractivity contribution < 1.29 is 9.53 Å². The number of carbonyl (C=O) groups excluding carboxylic acids is 1. The van der Waals surface area contributed by atoms with Crippen LogP contribution in [0.4, 0.5) is 0 Å². The fraction of sp³-hybridized carbons (Fsp3) is 0.929. The topological polar surface area (TPSA) is 41.6 Å². The molecule has 18 heavy (non-hydrogen) atoms. The maximum Gasteiger partial charge on any atom is 0.323 e. The fourth-order valence-corrected chi connectivity index (χ4v) is 3.09. The number of likely N-dealkylation sites (tertiary alicyclic amines) is 1. The highest BCUT2D eigenvalue weighted by Crippen LogP contribution is 2.34. The summed E-state index contributed by atoms with van der Waals surface area (Å²) in [6, 6.07) is 0.833. The standard InChI is InChI=1S/C14H24N2O2/c1-18-14(17)13(11-2-3-11)15-8-10-6-7-16(9-10)12-4-5-12/h10-13,15H,2-9H2,1H3. The average molecular weight is 252 g/mol. The molecule has 0 aromatic heterocycles. The molecule has 2 saturated carbocycles. The molecule has 3 aliphatic rings. The van der Waals surface area contributed by atoms with E-state index in [1.807, 2.05) is 0 Å². The first-order valence-corrected chi connectivity index (χ1v) is 7.33. The van der Waals surface area contributed by atoms with Crippen LogP contribution in [0.15, 0.2) is 0 Å². The molecule has 3 fully saturated rings. The normalized spacial score (nSPS) is 30.4. The Balaban J connectivity index is 1.43. The van der Waals surface area contributed by atoms with E-state index in [4.69, 9.17) is 4.74 Å². The minimum Gasteiger partial charge on any atom is -0.468 e. The summed E-state index contributed by atoms with van der Waals surface area (Å²) in [5, 5.41) is 3.45. The lowest BCUT2D eigenvalue weighted by Crippen LogP contribution is -2.42. The monoisotopic (exact) mass is 252 g/mol. The van der Waals surface area contributed by atoms with Gasteiger partial charge in [0.05, 0.1) is 7.11 Å². The molecule has 0 bridgehead atoms. The Labute approximate surface area is 109 Å². The van der Waals surface area contributed by atoms with Gasteiger partial charge in [0.2, 0.25) is 0 Å². The second kappa shape index (κ2) is 5.17. The number of hydrogen-bond acceptors (Lipinski definition) is 4.